The van der Waals surface area contributed by atoms with E-state index in [2.05, 4.69) is 160 Å². The summed E-state index contributed by atoms with van der Waals surface area (Å²) in [5.74, 6) is 0. The van der Waals surface area contributed by atoms with Crippen LogP contribution in [0.3, 0.4) is 0 Å². The van der Waals surface area contributed by atoms with Gasteiger partial charge in [-0.1, -0.05) is 146 Å². The van der Waals surface area contributed by atoms with E-state index in [1.54, 1.807) is 0 Å². The first-order chi connectivity index (χ1) is 23.7. The molecule has 0 aliphatic carbocycles. The summed E-state index contributed by atoms with van der Waals surface area (Å²) in [7, 11) is -2.92. The molecule has 0 bridgehead atoms. The Kier molecular flexibility index (Phi) is 7.27. The highest BCUT2D eigenvalue weighted by atomic mass is 28.3. The van der Waals surface area contributed by atoms with Gasteiger partial charge in [0.25, 0.3) is 0 Å². The maximum atomic E-state index is 8.39. The molecule has 0 unspecified atom stereocenters. The highest BCUT2D eigenvalue weighted by Crippen LogP contribution is 2.38. The molecule has 0 fully saturated rings. The van der Waals surface area contributed by atoms with Crippen LogP contribution in [0.25, 0.3) is 48.3 Å². The molecule has 0 aliphatic rings. The Hall–Kier alpha value is -6.46. The van der Waals surface area contributed by atoms with Crippen molar-refractivity contribution in [3.05, 3.63) is 199 Å². The van der Waals surface area contributed by atoms with E-state index in [4.69, 9.17) is 13.1 Å². The number of aromatic nitrogens is 1. The highest BCUT2D eigenvalue weighted by molar-refractivity contribution is 7.20. The fourth-order valence-corrected chi connectivity index (χ4v) is 12.3. The van der Waals surface area contributed by atoms with Gasteiger partial charge in [-0.2, -0.15) is 0 Å². The average molecular weight is 628 g/mol. The van der Waals surface area contributed by atoms with Crippen LogP contribution in [0, 0.1) is 13.1 Å². The number of hydrogen-bond acceptors (Lipinski definition) is 0. The molecule has 0 saturated heterocycles. The van der Waals surface area contributed by atoms with Crippen molar-refractivity contribution in [3.63, 3.8) is 0 Å². The summed E-state index contributed by atoms with van der Waals surface area (Å²) in [6.45, 7) is 16.4. The van der Waals surface area contributed by atoms with Crippen LogP contribution in [-0.4, -0.2) is 12.6 Å². The third-order valence-corrected chi connectivity index (χ3v) is 14.2. The van der Waals surface area contributed by atoms with Crippen LogP contribution >= 0.6 is 0 Å². The summed E-state index contributed by atoms with van der Waals surface area (Å²) in [6, 6.07) is 61.5. The molecule has 1 heterocycles. The summed E-state index contributed by atoms with van der Waals surface area (Å²) in [5, 5.41) is 7.26. The normalized spacial score (nSPS) is 11.3. The topological polar surface area (TPSA) is 13.6 Å². The summed E-state index contributed by atoms with van der Waals surface area (Å²) in [6.07, 6.45) is 0. The van der Waals surface area contributed by atoms with Crippen molar-refractivity contribution in [2.45, 2.75) is 0 Å². The van der Waals surface area contributed by atoms with Gasteiger partial charge in [-0.25, -0.2) is 9.69 Å². The second-order valence-electron chi connectivity index (χ2n) is 11.9. The van der Waals surface area contributed by atoms with Gasteiger partial charge < -0.3 is 4.57 Å². The van der Waals surface area contributed by atoms with Gasteiger partial charge in [-0.15, -0.1) is 0 Å². The molecule has 8 aromatic rings. The minimum atomic E-state index is -2.92. The molecule has 0 atom stereocenters. The van der Waals surface area contributed by atoms with Gasteiger partial charge in [0, 0.05) is 10.8 Å². The summed E-state index contributed by atoms with van der Waals surface area (Å²) >= 11 is 0. The molecule has 0 saturated carbocycles. The third kappa shape index (κ3) is 4.55. The fraction of sp³-hybridized carbons (Fsp3) is 0. The first kappa shape index (κ1) is 29.0. The van der Waals surface area contributed by atoms with Crippen molar-refractivity contribution < 1.29 is 0 Å². The number of rotatable bonds is 6. The zero-order chi connectivity index (χ0) is 32.5. The number of fused-ring (bicyclic) bond motifs is 3. The second-order valence-corrected chi connectivity index (χ2v) is 15.6. The summed E-state index contributed by atoms with van der Waals surface area (Å²) < 4.78 is 2.20. The maximum absolute atomic E-state index is 8.39. The lowest BCUT2D eigenvalue weighted by Gasteiger charge is -2.36. The minimum Gasteiger partial charge on any atom is -0.319 e. The lowest BCUT2D eigenvalue weighted by atomic mass is 10.0. The lowest BCUT2D eigenvalue weighted by molar-refractivity contribution is 1.19. The number of benzene rings is 7. The Morgan fingerprint density at radius 1 is 0.458 bits per heavy atom. The van der Waals surface area contributed by atoms with E-state index >= 15 is 0 Å². The smallest absolute Gasteiger partial charge is 0.211 e. The molecule has 0 N–H and O–H groups in total. The van der Waals surface area contributed by atoms with Gasteiger partial charge in [0.15, 0.2) is 13.8 Å². The molecule has 0 amide bonds. The van der Waals surface area contributed by atoms with E-state index in [1.807, 2.05) is 30.3 Å². The predicted molar refractivity (Wildman–Crippen MR) is 202 cm³/mol. The van der Waals surface area contributed by atoms with Crippen molar-refractivity contribution in [1.82, 2.24) is 4.57 Å². The number of para-hydroxylation sites is 2. The van der Waals surface area contributed by atoms with E-state index in [9.17, 15) is 0 Å². The van der Waals surface area contributed by atoms with E-state index in [0.717, 1.165) is 38.6 Å². The summed E-state index contributed by atoms with van der Waals surface area (Å²) in [4.78, 5) is 7.98. The van der Waals surface area contributed by atoms with Gasteiger partial charge >= 0.3 is 0 Å². The van der Waals surface area contributed by atoms with E-state index in [1.165, 1.54) is 20.7 Å². The Morgan fingerprint density at radius 3 is 1.46 bits per heavy atom. The van der Waals surface area contributed by atoms with Crippen molar-refractivity contribution in [2.24, 2.45) is 0 Å². The molecule has 4 heteroatoms. The molecule has 7 aromatic carbocycles. The van der Waals surface area contributed by atoms with Crippen LogP contribution in [0.5, 0.6) is 0 Å². The van der Waals surface area contributed by atoms with E-state index in [0.29, 0.717) is 11.4 Å². The molecule has 8 rings (SSSR count). The monoisotopic (exact) mass is 627 g/mol. The lowest BCUT2D eigenvalue weighted by Crippen LogP contribution is -2.75. The first-order valence-corrected chi connectivity index (χ1v) is 17.9. The number of hydrogen-bond donors (Lipinski definition) is 0. The second kappa shape index (κ2) is 12.0. The fourth-order valence-electron chi connectivity index (χ4n) is 7.35. The van der Waals surface area contributed by atoms with Gasteiger partial charge in [-0.05, 0) is 62.2 Å². The quantitative estimate of drug-likeness (QED) is 0.0993. The van der Waals surface area contributed by atoms with Crippen LogP contribution in [0.1, 0.15) is 0 Å². The van der Waals surface area contributed by atoms with E-state index in [-0.39, 0.29) is 0 Å². The van der Waals surface area contributed by atoms with Gasteiger partial charge in [0.05, 0.1) is 29.9 Å². The zero-order valence-corrected chi connectivity index (χ0v) is 27.1. The molecule has 0 radical (unpaired) electrons. The molecular weight excluding hydrogens is 599 g/mol. The summed E-state index contributed by atoms with van der Waals surface area (Å²) in [5.41, 5.74) is 6.00. The minimum absolute atomic E-state index is 0.560. The Morgan fingerprint density at radius 2 is 0.958 bits per heavy atom. The Bertz CT molecular complexity index is 2370. The largest absolute Gasteiger partial charge is 0.319 e. The molecule has 1 aromatic heterocycles. The highest BCUT2D eigenvalue weighted by Gasteiger charge is 2.43. The van der Waals surface area contributed by atoms with Crippen molar-refractivity contribution >= 4 is 62.0 Å². The Labute approximate surface area is 281 Å². The van der Waals surface area contributed by atoms with Crippen LogP contribution in [0.15, 0.2) is 176 Å². The number of nitrogens with zero attached hydrogens (tertiary/aromatic N) is 3. The maximum Gasteiger partial charge on any atom is 0.211 e. The molecular formula is C44H29N3Si. The van der Waals surface area contributed by atoms with Crippen LogP contribution in [-0.2, 0) is 0 Å². The zero-order valence-electron chi connectivity index (χ0n) is 26.1. The average Bonchev–Trinajstić information content (AvgIpc) is 3.50. The molecule has 224 valence electrons. The van der Waals surface area contributed by atoms with Crippen molar-refractivity contribution in [3.8, 4) is 16.8 Å². The standard InChI is InChI=1S/C44H29N3Si/c1-45-33-27-29-44(48(34-16-6-3-7-17-34,35-18-8-4-9-19-35)36-20-10-5-11-21-36)39(31-33)32-26-28-43(40(30-32)46-2)47-41-24-14-12-22-37(41)38-23-13-15-25-42(38)47/h3-31H. The van der Waals surface area contributed by atoms with E-state index < -0.39 is 8.07 Å². The molecule has 3 nitrogen and oxygen atoms in total. The van der Waals surface area contributed by atoms with Crippen LogP contribution < -0.4 is 20.7 Å². The van der Waals surface area contributed by atoms with Crippen molar-refractivity contribution in [1.29, 1.82) is 0 Å². The Balaban J connectivity index is 1.44. The third-order valence-electron chi connectivity index (χ3n) is 9.38. The van der Waals surface area contributed by atoms with Gasteiger partial charge in [-0.3, -0.25) is 0 Å². The first-order valence-electron chi connectivity index (χ1n) is 15.9. The van der Waals surface area contributed by atoms with Gasteiger partial charge in [0.1, 0.15) is 0 Å². The molecule has 0 spiro atoms. The van der Waals surface area contributed by atoms with Crippen LogP contribution in [0.2, 0.25) is 0 Å². The molecule has 0 aliphatic heterocycles. The van der Waals surface area contributed by atoms with Gasteiger partial charge in [0.2, 0.25) is 5.69 Å². The molecule has 48 heavy (non-hydrogen) atoms. The predicted octanol–water partition coefficient (Wildman–Crippen LogP) is 8.93. The van der Waals surface area contributed by atoms with Crippen LogP contribution in [0.4, 0.5) is 11.4 Å². The SMILES string of the molecule is [C-]#[N+]c1ccc([Si](c2ccccc2)(c2ccccc2)c2ccccc2)c(-c2ccc(-n3c4ccccc4c4ccccc43)c([N+]#[C-])c2)c1. The van der Waals surface area contributed by atoms with Crippen molar-refractivity contribution in [2.75, 3.05) is 0 Å².